The van der Waals surface area contributed by atoms with Crippen LogP contribution >= 0.6 is 23.2 Å². The molecule has 1 aromatic rings. The highest BCUT2D eigenvalue weighted by molar-refractivity contribution is 6.43. The molecule has 0 radical (unpaired) electrons. The van der Waals surface area contributed by atoms with E-state index in [2.05, 4.69) is 0 Å². The highest BCUT2D eigenvalue weighted by Crippen LogP contribution is 2.38. The zero-order chi connectivity index (χ0) is 10.2. The summed E-state index contributed by atoms with van der Waals surface area (Å²) in [6.07, 6.45) is 0. The first-order valence-electron chi connectivity index (χ1n) is 4.01. The molecule has 0 aromatic heterocycles. The molecular weight excluding hydrogens is 207 g/mol. The fourth-order valence-corrected chi connectivity index (χ4v) is 1.73. The van der Waals surface area contributed by atoms with Crippen LogP contribution in [-0.4, -0.2) is 5.11 Å². The van der Waals surface area contributed by atoms with Crippen molar-refractivity contribution in [1.82, 2.24) is 0 Å². The van der Waals surface area contributed by atoms with Crippen molar-refractivity contribution < 1.29 is 5.11 Å². The molecule has 0 saturated carbocycles. The monoisotopic (exact) mass is 218 g/mol. The van der Waals surface area contributed by atoms with Crippen molar-refractivity contribution in [3.63, 3.8) is 0 Å². The summed E-state index contributed by atoms with van der Waals surface area (Å²) in [7, 11) is 0. The van der Waals surface area contributed by atoms with Crippen LogP contribution in [0.2, 0.25) is 10.0 Å². The summed E-state index contributed by atoms with van der Waals surface area (Å²) in [5, 5.41) is 9.94. The minimum absolute atomic E-state index is 0.0275. The van der Waals surface area contributed by atoms with E-state index in [-0.39, 0.29) is 16.2 Å². The molecule has 1 aromatic carbocycles. The smallest absolute Gasteiger partial charge is 0.135 e. The van der Waals surface area contributed by atoms with Gasteiger partial charge in [0.25, 0.3) is 0 Å². The summed E-state index contributed by atoms with van der Waals surface area (Å²) in [5.41, 5.74) is 0.881. The highest BCUT2D eigenvalue weighted by atomic mass is 35.5. The second-order valence-electron chi connectivity index (χ2n) is 4.01. The number of halogens is 2. The van der Waals surface area contributed by atoms with Crippen LogP contribution in [0.25, 0.3) is 0 Å². The maximum atomic E-state index is 9.27. The molecule has 0 amide bonds. The van der Waals surface area contributed by atoms with Crippen molar-refractivity contribution in [2.24, 2.45) is 0 Å². The molecule has 0 aliphatic heterocycles. The maximum Gasteiger partial charge on any atom is 0.135 e. The van der Waals surface area contributed by atoms with Crippen LogP contribution in [0, 0.1) is 0 Å². The average Bonchev–Trinajstić information content (AvgIpc) is 1.98. The summed E-state index contributed by atoms with van der Waals surface area (Å²) in [5.74, 6) is 0.0275. The first kappa shape index (κ1) is 10.7. The van der Waals surface area contributed by atoms with E-state index < -0.39 is 0 Å². The van der Waals surface area contributed by atoms with Crippen molar-refractivity contribution in [1.29, 1.82) is 0 Å². The lowest BCUT2D eigenvalue weighted by Gasteiger charge is -2.21. The summed E-state index contributed by atoms with van der Waals surface area (Å²) in [6.45, 7) is 6.13. The highest BCUT2D eigenvalue weighted by Gasteiger charge is 2.20. The standard InChI is InChI=1S/C10H12Cl2O/c1-10(2,3)6-4-5-7(13)9(12)8(6)11/h4-5,13H,1-3H3. The largest absolute Gasteiger partial charge is 0.506 e. The summed E-state index contributed by atoms with van der Waals surface area (Å²) >= 11 is 11.8. The van der Waals surface area contributed by atoms with Gasteiger partial charge in [0.2, 0.25) is 0 Å². The molecule has 0 atom stereocenters. The van der Waals surface area contributed by atoms with E-state index in [9.17, 15) is 5.11 Å². The van der Waals surface area contributed by atoms with Gasteiger partial charge in [-0.2, -0.15) is 0 Å². The molecule has 13 heavy (non-hydrogen) atoms. The molecule has 1 N–H and O–H groups in total. The molecule has 1 rings (SSSR count). The Labute approximate surface area is 88.3 Å². The molecule has 0 aliphatic carbocycles. The Balaban J connectivity index is 3.35. The normalized spacial score (nSPS) is 11.8. The fraction of sp³-hybridized carbons (Fsp3) is 0.400. The first-order chi connectivity index (χ1) is 5.84. The first-order valence-corrected chi connectivity index (χ1v) is 4.77. The molecular formula is C10H12Cl2O. The maximum absolute atomic E-state index is 9.27. The van der Waals surface area contributed by atoms with Gasteiger partial charge in [0, 0.05) is 0 Å². The topological polar surface area (TPSA) is 20.2 Å². The van der Waals surface area contributed by atoms with Gasteiger partial charge in [-0.1, -0.05) is 50.0 Å². The minimum atomic E-state index is -0.0611. The van der Waals surface area contributed by atoms with Crippen LogP contribution in [0.1, 0.15) is 26.3 Å². The third-order valence-electron chi connectivity index (χ3n) is 1.87. The van der Waals surface area contributed by atoms with Gasteiger partial charge in [-0.25, -0.2) is 0 Å². The van der Waals surface area contributed by atoms with E-state index >= 15 is 0 Å². The van der Waals surface area contributed by atoms with E-state index in [1.807, 2.05) is 20.8 Å². The lowest BCUT2D eigenvalue weighted by molar-refractivity contribution is 0.474. The van der Waals surface area contributed by atoms with E-state index in [1.54, 1.807) is 12.1 Å². The second-order valence-corrected chi connectivity index (χ2v) is 4.77. The van der Waals surface area contributed by atoms with Gasteiger partial charge in [-0.3, -0.25) is 0 Å². The van der Waals surface area contributed by atoms with Gasteiger partial charge in [-0.15, -0.1) is 0 Å². The van der Waals surface area contributed by atoms with Crippen LogP contribution in [0.5, 0.6) is 5.75 Å². The van der Waals surface area contributed by atoms with Crippen LogP contribution in [-0.2, 0) is 5.41 Å². The Morgan fingerprint density at radius 1 is 1.08 bits per heavy atom. The van der Waals surface area contributed by atoms with Crippen molar-refractivity contribution in [2.75, 3.05) is 0 Å². The fourth-order valence-electron chi connectivity index (χ4n) is 1.12. The van der Waals surface area contributed by atoms with Gasteiger partial charge >= 0.3 is 0 Å². The van der Waals surface area contributed by atoms with Crippen molar-refractivity contribution in [2.45, 2.75) is 26.2 Å². The van der Waals surface area contributed by atoms with Crippen LogP contribution in [0.3, 0.4) is 0 Å². The summed E-state index contributed by atoms with van der Waals surface area (Å²) in [6, 6.07) is 3.36. The molecule has 0 aliphatic rings. The molecule has 3 heteroatoms. The van der Waals surface area contributed by atoms with E-state index in [0.29, 0.717) is 5.02 Å². The quantitative estimate of drug-likeness (QED) is 0.699. The van der Waals surface area contributed by atoms with E-state index in [1.165, 1.54) is 0 Å². The molecule has 1 nitrogen and oxygen atoms in total. The number of hydrogen-bond acceptors (Lipinski definition) is 1. The third-order valence-corrected chi connectivity index (χ3v) is 2.74. The molecule has 0 fully saturated rings. The number of benzene rings is 1. The molecule has 0 bridgehead atoms. The van der Waals surface area contributed by atoms with E-state index in [0.717, 1.165) is 5.56 Å². The zero-order valence-corrected chi connectivity index (χ0v) is 9.37. The number of aromatic hydroxyl groups is 1. The van der Waals surface area contributed by atoms with Gasteiger partial charge < -0.3 is 5.11 Å². The van der Waals surface area contributed by atoms with Crippen LogP contribution in [0.15, 0.2) is 12.1 Å². The number of phenols is 1. The van der Waals surface area contributed by atoms with Crippen LogP contribution < -0.4 is 0 Å². The molecule has 0 saturated heterocycles. The van der Waals surface area contributed by atoms with Gasteiger partial charge in [0.1, 0.15) is 10.8 Å². The summed E-state index contributed by atoms with van der Waals surface area (Å²) in [4.78, 5) is 0. The second kappa shape index (κ2) is 3.39. The Hall–Kier alpha value is -0.400. The summed E-state index contributed by atoms with van der Waals surface area (Å²) < 4.78 is 0. The number of rotatable bonds is 0. The van der Waals surface area contributed by atoms with Crippen LogP contribution in [0.4, 0.5) is 0 Å². The predicted octanol–water partition coefficient (Wildman–Crippen LogP) is 4.00. The SMILES string of the molecule is CC(C)(C)c1ccc(O)c(Cl)c1Cl. The lowest BCUT2D eigenvalue weighted by atomic mass is 9.87. The lowest BCUT2D eigenvalue weighted by Crippen LogP contribution is -2.11. The molecule has 0 spiro atoms. The van der Waals surface area contributed by atoms with E-state index in [4.69, 9.17) is 23.2 Å². The Kier molecular flexibility index (Phi) is 2.79. The van der Waals surface area contributed by atoms with Crippen molar-refractivity contribution in [3.8, 4) is 5.75 Å². The van der Waals surface area contributed by atoms with Crippen molar-refractivity contribution in [3.05, 3.63) is 27.7 Å². The van der Waals surface area contributed by atoms with Gasteiger partial charge in [0.15, 0.2) is 0 Å². The van der Waals surface area contributed by atoms with Gasteiger partial charge in [0.05, 0.1) is 5.02 Å². The molecule has 0 unspecified atom stereocenters. The third kappa shape index (κ3) is 2.09. The Morgan fingerprint density at radius 2 is 1.62 bits per heavy atom. The predicted molar refractivity (Wildman–Crippen MR) is 56.8 cm³/mol. The molecule has 0 heterocycles. The molecule has 72 valence electrons. The Bertz CT molecular complexity index is 326. The average molecular weight is 219 g/mol. The zero-order valence-electron chi connectivity index (χ0n) is 7.86. The Morgan fingerprint density at radius 3 is 2.08 bits per heavy atom. The van der Waals surface area contributed by atoms with Gasteiger partial charge in [-0.05, 0) is 17.0 Å². The number of hydrogen-bond donors (Lipinski definition) is 1. The minimum Gasteiger partial charge on any atom is -0.506 e. The number of phenolic OH excluding ortho intramolecular Hbond substituents is 1. The van der Waals surface area contributed by atoms with Crippen molar-refractivity contribution >= 4 is 23.2 Å².